The zero-order valence-electron chi connectivity index (χ0n) is 14.6. The molecule has 0 saturated carbocycles. The first-order chi connectivity index (χ1) is 12.9. The van der Waals surface area contributed by atoms with Gasteiger partial charge in [0.2, 0.25) is 5.91 Å². The first kappa shape index (κ1) is 18.9. The molecule has 1 saturated heterocycles. The van der Waals surface area contributed by atoms with Crippen molar-refractivity contribution in [3.05, 3.63) is 59.7 Å². The summed E-state index contributed by atoms with van der Waals surface area (Å²) in [5.41, 5.74) is 0.577. The van der Waals surface area contributed by atoms with Gasteiger partial charge in [-0.05, 0) is 42.2 Å². The molecule has 1 N–H and O–H groups in total. The number of amides is 2. The first-order valence-corrected chi connectivity index (χ1v) is 8.69. The fraction of sp³-hybridized carbons (Fsp3) is 0.300. The van der Waals surface area contributed by atoms with Crippen LogP contribution < -0.4 is 5.32 Å². The molecule has 0 unspecified atom stereocenters. The third-order valence-electron chi connectivity index (χ3n) is 4.55. The summed E-state index contributed by atoms with van der Waals surface area (Å²) in [5.74, 6) is -0.564. The number of carbonyl (C=O) groups excluding carboxylic acids is 2. The Morgan fingerprint density at radius 2 is 1.59 bits per heavy atom. The molecule has 0 radical (unpaired) electrons. The molecule has 0 atom stereocenters. The highest BCUT2D eigenvalue weighted by Crippen LogP contribution is 2.31. The van der Waals surface area contributed by atoms with Crippen molar-refractivity contribution >= 4 is 11.8 Å². The minimum absolute atomic E-state index is 0.0970. The fourth-order valence-electron chi connectivity index (χ4n) is 3.10. The molecule has 4 nitrogen and oxygen atoms in total. The van der Waals surface area contributed by atoms with Crippen molar-refractivity contribution in [1.29, 1.82) is 0 Å². The molecule has 2 amide bonds. The molecule has 1 heterocycles. The van der Waals surface area contributed by atoms with Crippen molar-refractivity contribution in [2.45, 2.75) is 19.0 Å². The molecule has 3 rings (SSSR count). The van der Waals surface area contributed by atoms with Crippen molar-refractivity contribution in [1.82, 2.24) is 10.2 Å². The van der Waals surface area contributed by atoms with E-state index < -0.39 is 17.6 Å². The molecule has 0 bridgehead atoms. The van der Waals surface area contributed by atoms with E-state index >= 15 is 0 Å². The van der Waals surface area contributed by atoms with Gasteiger partial charge in [0.1, 0.15) is 0 Å². The number of halogens is 3. The lowest BCUT2D eigenvalue weighted by molar-refractivity contribution is -0.137. The molecule has 1 aliphatic rings. The summed E-state index contributed by atoms with van der Waals surface area (Å²) in [5, 5.41) is 2.61. The van der Waals surface area contributed by atoms with E-state index in [1.807, 2.05) is 0 Å². The van der Waals surface area contributed by atoms with Crippen molar-refractivity contribution < 1.29 is 22.8 Å². The molecule has 0 aliphatic carbocycles. The topological polar surface area (TPSA) is 49.4 Å². The molecule has 7 heteroatoms. The van der Waals surface area contributed by atoms with Crippen molar-refractivity contribution in [2.75, 3.05) is 19.6 Å². The summed E-state index contributed by atoms with van der Waals surface area (Å²) in [7, 11) is 0. The number of benzene rings is 2. The van der Waals surface area contributed by atoms with Gasteiger partial charge in [0.25, 0.3) is 5.91 Å². The lowest BCUT2D eigenvalue weighted by Crippen LogP contribution is -2.38. The number of rotatable bonds is 4. The van der Waals surface area contributed by atoms with Crippen LogP contribution in [0.4, 0.5) is 13.2 Å². The minimum Gasteiger partial charge on any atom is -0.343 e. The smallest absolute Gasteiger partial charge is 0.343 e. The minimum atomic E-state index is -4.41. The van der Waals surface area contributed by atoms with Gasteiger partial charge in [-0.2, -0.15) is 13.2 Å². The van der Waals surface area contributed by atoms with Gasteiger partial charge in [0, 0.05) is 18.7 Å². The van der Waals surface area contributed by atoms with E-state index in [1.165, 1.54) is 12.1 Å². The van der Waals surface area contributed by atoms with E-state index in [0.29, 0.717) is 29.8 Å². The number of nitrogens with one attached hydrogen (secondary N) is 1. The highest BCUT2D eigenvalue weighted by atomic mass is 19.4. The van der Waals surface area contributed by atoms with Gasteiger partial charge in [-0.1, -0.05) is 30.3 Å². The SMILES string of the molecule is O=C(NCC(=O)N1CCCC1)c1ccccc1-c1ccc(C(F)(F)F)cc1. The van der Waals surface area contributed by atoms with Crippen molar-refractivity contribution in [3.8, 4) is 11.1 Å². The summed E-state index contributed by atoms with van der Waals surface area (Å²) in [6.45, 7) is 1.31. The van der Waals surface area contributed by atoms with E-state index in [0.717, 1.165) is 25.0 Å². The maximum absolute atomic E-state index is 12.7. The quantitative estimate of drug-likeness (QED) is 0.884. The van der Waals surface area contributed by atoms with Gasteiger partial charge in [0.15, 0.2) is 0 Å². The van der Waals surface area contributed by atoms with E-state index in [1.54, 1.807) is 29.2 Å². The molecular formula is C20H19F3N2O2. The Hall–Kier alpha value is -2.83. The number of hydrogen-bond acceptors (Lipinski definition) is 2. The average Bonchev–Trinajstić information content (AvgIpc) is 3.20. The molecule has 142 valence electrons. The average molecular weight is 376 g/mol. The third-order valence-corrected chi connectivity index (χ3v) is 4.55. The number of nitrogens with zero attached hydrogens (tertiary/aromatic N) is 1. The van der Waals surface area contributed by atoms with Gasteiger partial charge < -0.3 is 10.2 Å². The summed E-state index contributed by atoms with van der Waals surface area (Å²) in [4.78, 5) is 26.3. The standard InChI is InChI=1S/C20H19F3N2O2/c21-20(22,23)15-9-7-14(8-10-15)16-5-1-2-6-17(16)19(27)24-13-18(26)25-11-3-4-12-25/h1-2,5-10H,3-4,11-13H2,(H,24,27). The van der Waals surface area contributed by atoms with Gasteiger partial charge in [-0.3, -0.25) is 9.59 Å². The van der Waals surface area contributed by atoms with E-state index in [9.17, 15) is 22.8 Å². The van der Waals surface area contributed by atoms with Crippen LogP contribution in [0.3, 0.4) is 0 Å². The highest BCUT2D eigenvalue weighted by molar-refractivity contribution is 6.02. The zero-order chi connectivity index (χ0) is 19.4. The Morgan fingerprint density at radius 3 is 2.22 bits per heavy atom. The zero-order valence-corrected chi connectivity index (χ0v) is 14.6. The van der Waals surface area contributed by atoms with Crippen LogP contribution in [0.1, 0.15) is 28.8 Å². The molecule has 0 aromatic heterocycles. The maximum atomic E-state index is 12.7. The molecule has 0 spiro atoms. The predicted octanol–water partition coefficient (Wildman–Crippen LogP) is 3.72. The van der Waals surface area contributed by atoms with E-state index in [-0.39, 0.29) is 12.5 Å². The molecule has 1 aliphatic heterocycles. The maximum Gasteiger partial charge on any atom is 0.416 e. The number of hydrogen-bond donors (Lipinski definition) is 1. The van der Waals surface area contributed by atoms with Crippen LogP contribution in [0.15, 0.2) is 48.5 Å². The number of likely N-dealkylation sites (tertiary alicyclic amines) is 1. The second-order valence-corrected chi connectivity index (χ2v) is 6.39. The Balaban J connectivity index is 1.75. The Morgan fingerprint density at radius 1 is 0.963 bits per heavy atom. The molecule has 27 heavy (non-hydrogen) atoms. The lowest BCUT2D eigenvalue weighted by atomic mass is 9.98. The van der Waals surface area contributed by atoms with Gasteiger partial charge >= 0.3 is 6.18 Å². The predicted molar refractivity (Wildman–Crippen MR) is 95.0 cm³/mol. The van der Waals surface area contributed by atoms with Gasteiger partial charge in [-0.25, -0.2) is 0 Å². The molecule has 2 aromatic rings. The lowest BCUT2D eigenvalue weighted by Gasteiger charge is -2.16. The third kappa shape index (κ3) is 4.48. The summed E-state index contributed by atoms with van der Waals surface area (Å²) in [6.07, 6.45) is -2.47. The summed E-state index contributed by atoms with van der Waals surface area (Å²) < 4.78 is 38.2. The Kier molecular flexibility index (Phi) is 5.48. The second kappa shape index (κ2) is 7.82. The largest absolute Gasteiger partial charge is 0.416 e. The van der Waals surface area contributed by atoms with Crippen molar-refractivity contribution in [2.24, 2.45) is 0 Å². The fourth-order valence-corrected chi connectivity index (χ4v) is 3.10. The first-order valence-electron chi connectivity index (χ1n) is 8.69. The Bertz CT molecular complexity index is 826. The number of alkyl halides is 3. The van der Waals surface area contributed by atoms with E-state index in [2.05, 4.69) is 5.32 Å². The molecule has 1 fully saturated rings. The van der Waals surface area contributed by atoms with Gasteiger partial charge in [-0.15, -0.1) is 0 Å². The summed E-state index contributed by atoms with van der Waals surface area (Å²) >= 11 is 0. The number of carbonyl (C=O) groups is 2. The van der Waals surface area contributed by atoms with Crippen LogP contribution in [0.25, 0.3) is 11.1 Å². The normalized spacial score (nSPS) is 14.3. The van der Waals surface area contributed by atoms with Crippen LogP contribution in [0.2, 0.25) is 0 Å². The van der Waals surface area contributed by atoms with Crippen LogP contribution in [-0.2, 0) is 11.0 Å². The second-order valence-electron chi connectivity index (χ2n) is 6.39. The van der Waals surface area contributed by atoms with Crippen LogP contribution in [0, 0.1) is 0 Å². The summed E-state index contributed by atoms with van der Waals surface area (Å²) in [6, 6.07) is 11.3. The highest BCUT2D eigenvalue weighted by Gasteiger charge is 2.30. The van der Waals surface area contributed by atoms with E-state index in [4.69, 9.17) is 0 Å². The molecule has 2 aromatic carbocycles. The van der Waals surface area contributed by atoms with Gasteiger partial charge in [0.05, 0.1) is 12.1 Å². The van der Waals surface area contributed by atoms with Crippen LogP contribution in [0.5, 0.6) is 0 Å². The Labute approximate surface area is 155 Å². The van der Waals surface area contributed by atoms with Crippen LogP contribution >= 0.6 is 0 Å². The van der Waals surface area contributed by atoms with Crippen LogP contribution in [-0.4, -0.2) is 36.3 Å². The molecular weight excluding hydrogens is 357 g/mol. The van der Waals surface area contributed by atoms with Crippen molar-refractivity contribution in [3.63, 3.8) is 0 Å². The monoisotopic (exact) mass is 376 g/mol.